The third-order valence-electron chi connectivity index (χ3n) is 2.83. The van der Waals surface area contributed by atoms with Gasteiger partial charge in [-0.1, -0.05) is 0 Å². The summed E-state index contributed by atoms with van der Waals surface area (Å²) in [7, 11) is 1.41. The molecule has 1 aliphatic heterocycles. The van der Waals surface area contributed by atoms with Gasteiger partial charge in [0.05, 0.1) is 12.7 Å². The lowest BCUT2D eigenvalue weighted by molar-refractivity contribution is -0.0251. The van der Waals surface area contributed by atoms with Crippen molar-refractivity contribution in [1.29, 1.82) is 0 Å². The molecule has 0 aromatic heterocycles. The molecule has 5 heteroatoms. The molecule has 5 nitrogen and oxygen atoms in total. The van der Waals surface area contributed by atoms with Gasteiger partial charge in [0.25, 0.3) is 0 Å². The van der Waals surface area contributed by atoms with Crippen LogP contribution in [0.4, 0.5) is 0 Å². The molecule has 1 heterocycles. The van der Waals surface area contributed by atoms with E-state index in [1.807, 2.05) is 0 Å². The molecule has 92 valence electrons. The van der Waals surface area contributed by atoms with E-state index in [-0.39, 0.29) is 17.1 Å². The van der Waals surface area contributed by atoms with Crippen LogP contribution in [0.15, 0.2) is 12.1 Å². The fourth-order valence-corrected chi connectivity index (χ4v) is 1.79. The van der Waals surface area contributed by atoms with Gasteiger partial charge in [0.15, 0.2) is 23.4 Å². The first-order valence-electron chi connectivity index (χ1n) is 5.19. The Kier molecular flexibility index (Phi) is 2.50. The number of rotatable bonds is 1. The van der Waals surface area contributed by atoms with E-state index in [0.717, 1.165) is 0 Å². The van der Waals surface area contributed by atoms with Crippen molar-refractivity contribution >= 4 is 5.78 Å². The lowest BCUT2D eigenvalue weighted by Crippen LogP contribution is -2.50. The highest BCUT2D eigenvalue weighted by atomic mass is 16.5. The van der Waals surface area contributed by atoms with Crippen molar-refractivity contribution in [2.75, 3.05) is 7.11 Å². The topological polar surface area (TPSA) is 76.0 Å². The first-order valence-corrected chi connectivity index (χ1v) is 5.19. The minimum atomic E-state index is -1.25. The molecule has 0 saturated carbocycles. The number of benzene rings is 1. The predicted octanol–water partition coefficient (Wildman–Crippen LogP) is 1.12. The average molecular weight is 238 g/mol. The van der Waals surface area contributed by atoms with Crippen LogP contribution in [0.3, 0.4) is 0 Å². The Morgan fingerprint density at radius 2 is 2.06 bits per heavy atom. The van der Waals surface area contributed by atoms with E-state index in [4.69, 9.17) is 9.47 Å². The third kappa shape index (κ3) is 1.72. The second-order valence-corrected chi connectivity index (χ2v) is 4.49. The number of ether oxygens (including phenoxy) is 2. The van der Waals surface area contributed by atoms with Crippen molar-refractivity contribution in [3.05, 3.63) is 17.7 Å². The summed E-state index contributed by atoms with van der Waals surface area (Å²) in [6.45, 7) is 3.25. The number of phenols is 1. The molecular formula is C12H14O5. The predicted molar refractivity (Wildman–Crippen MR) is 59.7 cm³/mol. The number of hydrogen-bond donors (Lipinski definition) is 2. The molecule has 0 saturated heterocycles. The molecule has 0 amide bonds. The first-order chi connectivity index (χ1) is 7.86. The number of carbonyl (C=O) groups is 1. The minimum absolute atomic E-state index is 0.157. The fraction of sp³-hybridized carbons (Fsp3) is 0.417. The van der Waals surface area contributed by atoms with E-state index in [0.29, 0.717) is 5.75 Å². The molecular weight excluding hydrogens is 224 g/mol. The van der Waals surface area contributed by atoms with E-state index in [2.05, 4.69) is 0 Å². The van der Waals surface area contributed by atoms with Crippen molar-refractivity contribution in [3.8, 4) is 17.2 Å². The number of methoxy groups -OCH3 is 1. The number of aliphatic hydroxyl groups is 1. The van der Waals surface area contributed by atoms with Crippen molar-refractivity contribution in [2.24, 2.45) is 0 Å². The lowest BCUT2D eigenvalue weighted by atomic mass is 9.90. The molecule has 1 aromatic carbocycles. The molecule has 2 N–H and O–H groups in total. The van der Waals surface area contributed by atoms with E-state index in [1.165, 1.54) is 19.2 Å². The van der Waals surface area contributed by atoms with Crippen LogP contribution in [-0.2, 0) is 0 Å². The smallest absolute Gasteiger partial charge is 0.199 e. The number of ketones is 1. The van der Waals surface area contributed by atoms with E-state index < -0.39 is 17.5 Å². The molecule has 1 aliphatic rings. The zero-order valence-corrected chi connectivity index (χ0v) is 9.85. The van der Waals surface area contributed by atoms with Gasteiger partial charge in [-0.15, -0.1) is 0 Å². The maximum atomic E-state index is 11.9. The highest BCUT2D eigenvalue weighted by Gasteiger charge is 2.42. The number of Topliss-reactive ketones (excluding diaryl/α,β-unsaturated/α-hetero) is 1. The van der Waals surface area contributed by atoms with Gasteiger partial charge >= 0.3 is 0 Å². The van der Waals surface area contributed by atoms with E-state index in [9.17, 15) is 15.0 Å². The largest absolute Gasteiger partial charge is 0.504 e. The van der Waals surface area contributed by atoms with Crippen molar-refractivity contribution < 1.29 is 24.5 Å². The first kappa shape index (κ1) is 11.7. The molecule has 2 rings (SSSR count). The maximum Gasteiger partial charge on any atom is 0.199 e. The van der Waals surface area contributed by atoms with Gasteiger partial charge in [-0.25, -0.2) is 0 Å². The van der Waals surface area contributed by atoms with Crippen LogP contribution >= 0.6 is 0 Å². The van der Waals surface area contributed by atoms with Crippen LogP contribution in [0.5, 0.6) is 17.2 Å². The van der Waals surface area contributed by atoms with E-state index in [1.54, 1.807) is 13.8 Å². The van der Waals surface area contributed by atoms with Crippen molar-refractivity contribution in [1.82, 2.24) is 0 Å². The van der Waals surface area contributed by atoms with Crippen LogP contribution in [-0.4, -0.2) is 34.8 Å². The normalized spacial score (nSPS) is 21.6. The van der Waals surface area contributed by atoms with Crippen molar-refractivity contribution in [3.63, 3.8) is 0 Å². The number of phenolic OH excluding ortho intramolecular Hbond substituents is 1. The summed E-state index contributed by atoms with van der Waals surface area (Å²) >= 11 is 0. The zero-order valence-electron chi connectivity index (χ0n) is 9.85. The number of aliphatic hydroxyl groups excluding tert-OH is 1. The van der Waals surface area contributed by atoms with Gasteiger partial charge in [-0.3, -0.25) is 4.79 Å². The summed E-state index contributed by atoms with van der Waals surface area (Å²) in [4.78, 5) is 11.9. The highest BCUT2D eigenvalue weighted by Crippen LogP contribution is 2.40. The maximum absolute atomic E-state index is 11.9. The Balaban J connectivity index is 2.58. The second kappa shape index (κ2) is 3.63. The van der Waals surface area contributed by atoms with Gasteiger partial charge in [0.2, 0.25) is 0 Å². The van der Waals surface area contributed by atoms with Crippen LogP contribution < -0.4 is 9.47 Å². The van der Waals surface area contributed by atoms with Gasteiger partial charge in [-0.2, -0.15) is 0 Å². The Morgan fingerprint density at radius 1 is 1.41 bits per heavy atom. The Bertz CT molecular complexity index is 478. The summed E-state index contributed by atoms with van der Waals surface area (Å²) in [6, 6.07) is 2.69. The van der Waals surface area contributed by atoms with Crippen molar-refractivity contribution in [2.45, 2.75) is 25.6 Å². The SMILES string of the molecule is COc1cc2c(cc1O)C(=O)C(O)C(C)(C)O2. The Labute approximate surface area is 98.6 Å². The monoisotopic (exact) mass is 238 g/mol. The van der Waals surface area contributed by atoms with E-state index >= 15 is 0 Å². The van der Waals surface area contributed by atoms with Gasteiger partial charge in [-0.05, 0) is 19.9 Å². The Morgan fingerprint density at radius 3 is 2.65 bits per heavy atom. The number of carbonyl (C=O) groups excluding carboxylic acids is 1. The number of hydrogen-bond acceptors (Lipinski definition) is 5. The number of aromatic hydroxyl groups is 1. The van der Waals surface area contributed by atoms with Crippen LogP contribution in [0.25, 0.3) is 0 Å². The highest BCUT2D eigenvalue weighted by molar-refractivity contribution is 6.04. The Hall–Kier alpha value is -1.75. The summed E-state index contributed by atoms with van der Waals surface area (Å²) < 4.78 is 10.5. The van der Waals surface area contributed by atoms with Crippen LogP contribution in [0.2, 0.25) is 0 Å². The molecule has 0 bridgehead atoms. The molecule has 0 spiro atoms. The molecule has 1 atom stereocenters. The van der Waals surface area contributed by atoms with Crippen LogP contribution in [0, 0.1) is 0 Å². The molecule has 0 fully saturated rings. The average Bonchev–Trinajstić information content (AvgIpc) is 2.27. The number of fused-ring (bicyclic) bond motifs is 1. The lowest BCUT2D eigenvalue weighted by Gasteiger charge is -2.35. The zero-order chi connectivity index (χ0) is 12.8. The van der Waals surface area contributed by atoms with Gasteiger partial charge in [0.1, 0.15) is 11.4 Å². The molecule has 17 heavy (non-hydrogen) atoms. The molecule has 0 aliphatic carbocycles. The summed E-state index contributed by atoms with van der Waals surface area (Å²) in [6.07, 6.45) is -1.25. The third-order valence-corrected chi connectivity index (χ3v) is 2.83. The standard InChI is InChI=1S/C12H14O5/c1-12(2)11(15)10(14)6-4-7(13)9(16-3)5-8(6)17-12/h4-5,11,13,15H,1-3H3. The fourth-order valence-electron chi connectivity index (χ4n) is 1.79. The summed E-state index contributed by atoms with van der Waals surface area (Å²) in [5.74, 6) is -0.0898. The minimum Gasteiger partial charge on any atom is -0.504 e. The molecule has 0 radical (unpaired) electrons. The molecule has 1 unspecified atom stereocenters. The molecule has 1 aromatic rings. The second-order valence-electron chi connectivity index (χ2n) is 4.49. The summed E-state index contributed by atoms with van der Waals surface area (Å²) in [5.41, 5.74) is -0.832. The van der Waals surface area contributed by atoms with Crippen LogP contribution in [0.1, 0.15) is 24.2 Å². The quantitative estimate of drug-likeness (QED) is 0.766. The summed E-state index contributed by atoms with van der Waals surface area (Å²) in [5, 5.41) is 19.4. The van der Waals surface area contributed by atoms with Gasteiger partial charge in [0, 0.05) is 6.07 Å². The van der Waals surface area contributed by atoms with Gasteiger partial charge < -0.3 is 19.7 Å².